The lowest BCUT2D eigenvalue weighted by atomic mass is 9.96. The zero-order chi connectivity index (χ0) is 14.6. The molecule has 6 nitrogen and oxygen atoms in total. The summed E-state index contributed by atoms with van der Waals surface area (Å²) < 4.78 is 0.330. The first-order valence-corrected chi connectivity index (χ1v) is 6.30. The molecule has 1 atom stereocenters. The number of nitro groups is 1. The van der Waals surface area contributed by atoms with Gasteiger partial charge in [-0.05, 0) is 34.0 Å². The van der Waals surface area contributed by atoms with Crippen molar-refractivity contribution in [1.82, 2.24) is 0 Å². The Morgan fingerprint density at radius 1 is 1.53 bits per heavy atom. The van der Waals surface area contributed by atoms with Crippen LogP contribution in [-0.2, 0) is 4.79 Å². The fourth-order valence-electron chi connectivity index (χ4n) is 1.46. The van der Waals surface area contributed by atoms with Crippen molar-refractivity contribution >= 4 is 33.2 Å². The molecule has 19 heavy (non-hydrogen) atoms. The highest BCUT2D eigenvalue weighted by Gasteiger charge is 2.22. The van der Waals surface area contributed by atoms with Crippen LogP contribution in [0.3, 0.4) is 0 Å². The summed E-state index contributed by atoms with van der Waals surface area (Å²) in [4.78, 5) is 22.1. The summed E-state index contributed by atoms with van der Waals surface area (Å²) in [5.41, 5.74) is 0.150. The molecule has 100 valence electrons. The van der Waals surface area contributed by atoms with Crippen LogP contribution in [0.4, 0.5) is 11.4 Å². The lowest BCUT2D eigenvalue weighted by molar-refractivity contribution is -0.385. The Hall–Kier alpha value is -1.94. The maximum Gasteiger partial charge on any atom is 0.285 e. The van der Waals surface area contributed by atoms with Gasteiger partial charge in [-0.15, -0.1) is 0 Å². The van der Waals surface area contributed by atoms with Gasteiger partial charge in [0.15, 0.2) is 0 Å². The van der Waals surface area contributed by atoms with Crippen LogP contribution in [0.25, 0.3) is 0 Å². The number of rotatable bonds is 4. The molecule has 0 aromatic heterocycles. The number of hydrogen-bond donors (Lipinski definition) is 1. The zero-order valence-electron chi connectivity index (χ0n) is 10.4. The van der Waals surface area contributed by atoms with Crippen LogP contribution in [-0.4, -0.2) is 10.8 Å². The van der Waals surface area contributed by atoms with Gasteiger partial charge in [0.25, 0.3) is 5.69 Å². The predicted octanol–water partition coefficient (Wildman–Crippen LogP) is 3.09. The normalized spacial score (nSPS) is 11.7. The fraction of sp³-hybridized carbons (Fsp3) is 0.333. The standard InChI is InChI=1S/C12H12BrN3O3/c1-7(2)9(6-14)12(17)15-8-3-4-10(13)11(5-8)16(18)19/h3-5,7,9H,1-2H3,(H,15,17). The summed E-state index contributed by atoms with van der Waals surface area (Å²) in [5.74, 6) is -1.38. The van der Waals surface area contributed by atoms with Gasteiger partial charge in [0.05, 0.1) is 15.5 Å². The third-order valence-electron chi connectivity index (χ3n) is 2.50. The van der Waals surface area contributed by atoms with Gasteiger partial charge in [-0.25, -0.2) is 0 Å². The van der Waals surface area contributed by atoms with Crippen molar-refractivity contribution in [1.29, 1.82) is 5.26 Å². The quantitative estimate of drug-likeness (QED) is 0.679. The van der Waals surface area contributed by atoms with Crippen molar-refractivity contribution in [3.8, 4) is 6.07 Å². The first-order chi connectivity index (χ1) is 8.86. The Morgan fingerprint density at radius 2 is 2.16 bits per heavy atom. The van der Waals surface area contributed by atoms with E-state index in [1.54, 1.807) is 13.8 Å². The molecule has 1 aromatic carbocycles. The number of nitriles is 1. The number of carbonyl (C=O) groups excluding carboxylic acids is 1. The van der Waals surface area contributed by atoms with Crippen molar-refractivity contribution < 1.29 is 9.72 Å². The first kappa shape index (κ1) is 15.1. The molecule has 0 aliphatic heterocycles. The molecule has 1 amide bonds. The maximum atomic E-state index is 11.8. The number of benzene rings is 1. The van der Waals surface area contributed by atoms with Crippen molar-refractivity contribution in [2.24, 2.45) is 11.8 Å². The molecule has 0 saturated carbocycles. The number of amides is 1. The van der Waals surface area contributed by atoms with E-state index in [1.165, 1.54) is 18.2 Å². The largest absolute Gasteiger partial charge is 0.325 e. The highest BCUT2D eigenvalue weighted by atomic mass is 79.9. The van der Waals surface area contributed by atoms with E-state index in [9.17, 15) is 14.9 Å². The minimum Gasteiger partial charge on any atom is -0.325 e. The van der Waals surface area contributed by atoms with Gasteiger partial charge >= 0.3 is 0 Å². The molecule has 0 spiro atoms. The molecule has 0 radical (unpaired) electrons. The van der Waals surface area contributed by atoms with Gasteiger partial charge in [0, 0.05) is 11.8 Å². The lowest BCUT2D eigenvalue weighted by Gasteiger charge is -2.13. The van der Waals surface area contributed by atoms with E-state index in [0.717, 1.165) is 0 Å². The molecular weight excluding hydrogens is 314 g/mol. The van der Waals surface area contributed by atoms with E-state index < -0.39 is 16.7 Å². The Kier molecular flexibility index (Phi) is 5.01. The average Bonchev–Trinajstić information content (AvgIpc) is 2.31. The average molecular weight is 326 g/mol. The molecule has 1 N–H and O–H groups in total. The highest BCUT2D eigenvalue weighted by molar-refractivity contribution is 9.10. The number of nitrogens with zero attached hydrogens (tertiary/aromatic N) is 2. The molecule has 0 heterocycles. The van der Waals surface area contributed by atoms with E-state index in [1.807, 2.05) is 6.07 Å². The Balaban J connectivity index is 2.95. The van der Waals surface area contributed by atoms with Crippen molar-refractivity contribution in [3.05, 3.63) is 32.8 Å². The van der Waals surface area contributed by atoms with Crippen LogP contribution >= 0.6 is 15.9 Å². The summed E-state index contributed by atoms with van der Waals surface area (Å²) in [5, 5.41) is 22.2. The first-order valence-electron chi connectivity index (χ1n) is 5.51. The summed E-state index contributed by atoms with van der Waals surface area (Å²) in [7, 11) is 0. The van der Waals surface area contributed by atoms with E-state index in [-0.39, 0.29) is 11.6 Å². The Labute approximate surface area is 118 Å². The molecule has 7 heteroatoms. The molecule has 1 rings (SSSR count). The van der Waals surface area contributed by atoms with E-state index in [4.69, 9.17) is 5.26 Å². The van der Waals surface area contributed by atoms with E-state index >= 15 is 0 Å². The minimum atomic E-state index is -0.789. The number of anilines is 1. The lowest BCUT2D eigenvalue weighted by Crippen LogP contribution is -2.25. The smallest absolute Gasteiger partial charge is 0.285 e. The van der Waals surface area contributed by atoms with E-state index in [2.05, 4.69) is 21.2 Å². The summed E-state index contributed by atoms with van der Waals surface area (Å²) in [6.45, 7) is 3.52. The van der Waals surface area contributed by atoms with Crippen LogP contribution in [0, 0.1) is 33.3 Å². The van der Waals surface area contributed by atoms with Gasteiger partial charge in [0.1, 0.15) is 5.92 Å². The van der Waals surface area contributed by atoms with Gasteiger partial charge < -0.3 is 5.32 Å². The van der Waals surface area contributed by atoms with Crippen LogP contribution in [0.1, 0.15) is 13.8 Å². The third-order valence-corrected chi connectivity index (χ3v) is 3.17. The molecule has 0 saturated heterocycles. The SMILES string of the molecule is CC(C)C(C#N)C(=O)Nc1ccc(Br)c([N+](=O)[O-])c1. The molecule has 1 unspecified atom stereocenters. The van der Waals surface area contributed by atoms with Gasteiger partial charge in [-0.1, -0.05) is 13.8 Å². The van der Waals surface area contributed by atoms with Crippen molar-refractivity contribution in [2.45, 2.75) is 13.8 Å². The molecule has 0 aliphatic rings. The second-order valence-electron chi connectivity index (χ2n) is 4.26. The summed E-state index contributed by atoms with van der Waals surface area (Å²) in [6.07, 6.45) is 0. The third kappa shape index (κ3) is 3.76. The molecule has 0 fully saturated rings. The molecule has 0 bridgehead atoms. The van der Waals surface area contributed by atoms with Gasteiger partial charge in [-0.3, -0.25) is 14.9 Å². The molecular formula is C12H12BrN3O3. The number of hydrogen-bond acceptors (Lipinski definition) is 4. The monoisotopic (exact) mass is 325 g/mol. The number of nitrogens with one attached hydrogen (secondary N) is 1. The Morgan fingerprint density at radius 3 is 2.63 bits per heavy atom. The van der Waals surface area contributed by atoms with Crippen LogP contribution < -0.4 is 5.32 Å². The summed E-state index contributed by atoms with van der Waals surface area (Å²) in [6, 6.07) is 6.17. The maximum absolute atomic E-state index is 11.8. The molecule has 0 aliphatic carbocycles. The van der Waals surface area contributed by atoms with Crippen molar-refractivity contribution in [3.63, 3.8) is 0 Å². The number of nitro benzene ring substituents is 1. The van der Waals surface area contributed by atoms with E-state index in [0.29, 0.717) is 10.2 Å². The fourth-order valence-corrected chi connectivity index (χ4v) is 1.85. The number of carbonyl (C=O) groups is 1. The highest BCUT2D eigenvalue weighted by Crippen LogP contribution is 2.28. The van der Waals surface area contributed by atoms with Crippen LogP contribution in [0.5, 0.6) is 0 Å². The topological polar surface area (TPSA) is 96.0 Å². The van der Waals surface area contributed by atoms with Crippen LogP contribution in [0.2, 0.25) is 0 Å². The number of halogens is 1. The Bertz CT molecular complexity index is 552. The van der Waals surface area contributed by atoms with Crippen molar-refractivity contribution in [2.75, 3.05) is 5.32 Å². The second-order valence-corrected chi connectivity index (χ2v) is 5.12. The zero-order valence-corrected chi connectivity index (χ0v) is 12.0. The van der Waals surface area contributed by atoms with Gasteiger partial charge in [0.2, 0.25) is 5.91 Å². The predicted molar refractivity (Wildman–Crippen MR) is 73.4 cm³/mol. The van der Waals surface area contributed by atoms with Crippen LogP contribution in [0.15, 0.2) is 22.7 Å². The van der Waals surface area contributed by atoms with Gasteiger partial charge in [-0.2, -0.15) is 5.26 Å². The summed E-state index contributed by atoms with van der Waals surface area (Å²) >= 11 is 3.06. The molecule has 1 aromatic rings. The second kappa shape index (κ2) is 6.29. The minimum absolute atomic E-state index is 0.129.